The molecule has 2 rings (SSSR count). The fourth-order valence-corrected chi connectivity index (χ4v) is 1.75. The molecule has 0 aromatic heterocycles. The summed E-state index contributed by atoms with van der Waals surface area (Å²) in [6.45, 7) is 1.62. The van der Waals surface area contributed by atoms with Gasteiger partial charge in [0, 0.05) is 5.56 Å². The molecule has 3 heteroatoms. The Morgan fingerprint density at radius 3 is 2.26 bits per heavy atom. The molecule has 0 fully saturated rings. The van der Waals surface area contributed by atoms with E-state index in [4.69, 9.17) is 4.74 Å². The van der Waals surface area contributed by atoms with Gasteiger partial charge in [-0.25, -0.2) is 4.79 Å². The summed E-state index contributed by atoms with van der Waals surface area (Å²) in [5, 5.41) is 0. The van der Waals surface area contributed by atoms with Crippen LogP contribution in [0.5, 0.6) is 0 Å². The molecule has 0 N–H and O–H groups in total. The number of aryl methyl sites for hydroxylation is 1. The maximum atomic E-state index is 11.9. The number of benzene rings is 2. The van der Waals surface area contributed by atoms with E-state index < -0.39 is 5.97 Å². The minimum absolute atomic E-state index is 0.192. The number of ether oxygens (including phenoxy) is 1. The highest BCUT2D eigenvalue weighted by Crippen LogP contribution is 2.09. The fourth-order valence-electron chi connectivity index (χ4n) is 1.75. The summed E-state index contributed by atoms with van der Waals surface area (Å²) < 4.78 is 5.01. The van der Waals surface area contributed by atoms with E-state index in [0.29, 0.717) is 11.1 Å². The molecular weight excluding hydrogens is 240 g/mol. The predicted molar refractivity (Wildman–Crippen MR) is 72.2 cm³/mol. The zero-order valence-corrected chi connectivity index (χ0v) is 10.6. The summed E-state index contributed by atoms with van der Waals surface area (Å²) in [6.07, 6.45) is 0. The van der Waals surface area contributed by atoms with Crippen molar-refractivity contribution in [3.05, 3.63) is 71.3 Å². The summed E-state index contributed by atoms with van der Waals surface area (Å²) in [6, 6.07) is 15.9. The third-order valence-electron chi connectivity index (χ3n) is 2.79. The van der Waals surface area contributed by atoms with Crippen molar-refractivity contribution < 1.29 is 14.3 Å². The van der Waals surface area contributed by atoms with Gasteiger partial charge < -0.3 is 4.74 Å². The van der Waals surface area contributed by atoms with Crippen LogP contribution in [0.15, 0.2) is 54.6 Å². The molecule has 0 radical (unpaired) electrons. The maximum Gasteiger partial charge on any atom is 0.338 e. The molecule has 0 amide bonds. The van der Waals surface area contributed by atoms with Crippen molar-refractivity contribution >= 4 is 11.8 Å². The number of ketones is 1. The minimum Gasteiger partial charge on any atom is -0.454 e. The van der Waals surface area contributed by atoms with E-state index in [-0.39, 0.29) is 12.4 Å². The van der Waals surface area contributed by atoms with E-state index in [9.17, 15) is 9.59 Å². The number of carbonyl (C=O) groups excluding carboxylic acids is 2. The summed E-state index contributed by atoms with van der Waals surface area (Å²) >= 11 is 0. The molecule has 2 aromatic rings. The Balaban J connectivity index is 1.98. The molecule has 0 saturated heterocycles. The van der Waals surface area contributed by atoms with Gasteiger partial charge in [-0.05, 0) is 24.6 Å². The van der Waals surface area contributed by atoms with Gasteiger partial charge in [0.05, 0.1) is 5.56 Å². The largest absolute Gasteiger partial charge is 0.454 e. The molecule has 0 spiro atoms. The third-order valence-corrected chi connectivity index (χ3v) is 2.79. The molecule has 0 heterocycles. The standard InChI is InChI=1S/C16H14O3/c1-12-7-5-6-10-14(12)15(17)11-19-16(18)13-8-3-2-4-9-13/h2-10H,11H2,1H3. The van der Waals surface area contributed by atoms with E-state index in [0.717, 1.165) is 5.56 Å². The van der Waals surface area contributed by atoms with Gasteiger partial charge in [-0.2, -0.15) is 0 Å². The Morgan fingerprint density at radius 1 is 0.947 bits per heavy atom. The van der Waals surface area contributed by atoms with Crippen LogP contribution in [0.2, 0.25) is 0 Å². The van der Waals surface area contributed by atoms with Crippen molar-refractivity contribution in [1.82, 2.24) is 0 Å². The molecule has 0 unspecified atom stereocenters. The van der Waals surface area contributed by atoms with Gasteiger partial charge in [0.15, 0.2) is 6.61 Å². The average molecular weight is 254 g/mol. The molecule has 0 atom stereocenters. The lowest BCUT2D eigenvalue weighted by molar-refractivity contribution is 0.0474. The molecular formula is C16H14O3. The van der Waals surface area contributed by atoms with Crippen LogP contribution in [0.4, 0.5) is 0 Å². The van der Waals surface area contributed by atoms with E-state index in [1.807, 2.05) is 25.1 Å². The summed E-state index contributed by atoms with van der Waals surface area (Å²) in [5.74, 6) is -0.676. The first-order valence-electron chi connectivity index (χ1n) is 5.99. The predicted octanol–water partition coefficient (Wildman–Crippen LogP) is 3.03. The molecule has 3 nitrogen and oxygen atoms in total. The molecule has 0 saturated carbocycles. The summed E-state index contributed by atoms with van der Waals surface area (Å²) in [4.78, 5) is 23.6. The van der Waals surface area contributed by atoms with E-state index >= 15 is 0 Å². The van der Waals surface area contributed by atoms with E-state index in [2.05, 4.69) is 0 Å². The normalized spacial score (nSPS) is 9.95. The van der Waals surface area contributed by atoms with Gasteiger partial charge in [0.1, 0.15) is 0 Å². The fraction of sp³-hybridized carbons (Fsp3) is 0.125. The highest BCUT2D eigenvalue weighted by molar-refractivity contribution is 6.00. The molecule has 96 valence electrons. The van der Waals surface area contributed by atoms with Gasteiger partial charge in [-0.3, -0.25) is 4.79 Å². The zero-order valence-electron chi connectivity index (χ0n) is 10.6. The van der Waals surface area contributed by atoms with Crippen molar-refractivity contribution in [3.63, 3.8) is 0 Å². The maximum absolute atomic E-state index is 11.9. The summed E-state index contributed by atoms with van der Waals surface area (Å²) in [7, 11) is 0. The lowest BCUT2D eigenvalue weighted by Gasteiger charge is -2.06. The third kappa shape index (κ3) is 3.28. The van der Waals surface area contributed by atoms with Gasteiger partial charge >= 0.3 is 5.97 Å². The Bertz CT molecular complexity index is 588. The monoisotopic (exact) mass is 254 g/mol. The molecule has 0 aliphatic heterocycles. The molecule has 0 aliphatic carbocycles. The lowest BCUT2D eigenvalue weighted by atomic mass is 10.1. The molecule has 2 aromatic carbocycles. The smallest absolute Gasteiger partial charge is 0.338 e. The number of rotatable bonds is 4. The van der Waals surface area contributed by atoms with Gasteiger partial charge in [-0.15, -0.1) is 0 Å². The topological polar surface area (TPSA) is 43.4 Å². The Kier molecular flexibility index (Phi) is 4.08. The highest BCUT2D eigenvalue weighted by Gasteiger charge is 2.12. The van der Waals surface area contributed by atoms with Crippen LogP contribution in [0.1, 0.15) is 26.3 Å². The van der Waals surface area contributed by atoms with Crippen LogP contribution < -0.4 is 0 Å². The van der Waals surface area contributed by atoms with Crippen molar-refractivity contribution in [2.24, 2.45) is 0 Å². The van der Waals surface area contributed by atoms with Crippen LogP contribution in [0, 0.1) is 6.92 Å². The Hall–Kier alpha value is -2.42. The van der Waals surface area contributed by atoms with E-state index in [1.54, 1.807) is 36.4 Å². The molecule has 19 heavy (non-hydrogen) atoms. The second-order valence-corrected chi connectivity index (χ2v) is 4.18. The number of hydrogen-bond acceptors (Lipinski definition) is 3. The highest BCUT2D eigenvalue weighted by atomic mass is 16.5. The first-order valence-corrected chi connectivity index (χ1v) is 5.99. The zero-order chi connectivity index (χ0) is 13.7. The minimum atomic E-state index is -0.484. The van der Waals surface area contributed by atoms with Crippen LogP contribution in [-0.2, 0) is 4.74 Å². The van der Waals surface area contributed by atoms with Crippen molar-refractivity contribution in [2.45, 2.75) is 6.92 Å². The Morgan fingerprint density at radius 2 is 1.58 bits per heavy atom. The van der Waals surface area contributed by atoms with Crippen LogP contribution in [-0.4, -0.2) is 18.4 Å². The van der Waals surface area contributed by atoms with Crippen molar-refractivity contribution in [3.8, 4) is 0 Å². The quantitative estimate of drug-likeness (QED) is 0.622. The first-order chi connectivity index (χ1) is 9.18. The number of hydrogen-bond donors (Lipinski definition) is 0. The molecule has 0 bridgehead atoms. The second kappa shape index (κ2) is 5.96. The van der Waals surface area contributed by atoms with Crippen molar-refractivity contribution in [1.29, 1.82) is 0 Å². The van der Waals surface area contributed by atoms with Gasteiger partial charge in [-0.1, -0.05) is 42.5 Å². The number of esters is 1. The summed E-state index contributed by atoms with van der Waals surface area (Å²) in [5.41, 5.74) is 1.91. The Labute approximate surface area is 111 Å². The van der Waals surface area contributed by atoms with Crippen molar-refractivity contribution in [2.75, 3.05) is 6.61 Å². The lowest BCUT2D eigenvalue weighted by Crippen LogP contribution is -2.15. The molecule has 0 aliphatic rings. The van der Waals surface area contributed by atoms with E-state index in [1.165, 1.54) is 0 Å². The number of Topliss-reactive ketones (excluding diaryl/α,β-unsaturated/α-hetero) is 1. The number of carbonyl (C=O) groups is 2. The first kappa shape index (κ1) is 13.0. The van der Waals surface area contributed by atoms with Gasteiger partial charge in [0.25, 0.3) is 0 Å². The SMILES string of the molecule is Cc1ccccc1C(=O)COC(=O)c1ccccc1. The van der Waals surface area contributed by atoms with Crippen LogP contribution in [0.25, 0.3) is 0 Å². The van der Waals surface area contributed by atoms with Crippen LogP contribution >= 0.6 is 0 Å². The average Bonchev–Trinajstić information content (AvgIpc) is 2.46. The second-order valence-electron chi connectivity index (χ2n) is 4.18. The van der Waals surface area contributed by atoms with Gasteiger partial charge in [0.2, 0.25) is 5.78 Å². The van der Waals surface area contributed by atoms with Crippen LogP contribution in [0.3, 0.4) is 0 Å².